The smallest absolute Gasteiger partial charge is 0.282 e. The van der Waals surface area contributed by atoms with E-state index in [2.05, 4.69) is 12.2 Å². The number of benzene rings is 2. The van der Waals surface area contributed by atoms with E-state index in [0.29, 0.717) is 39.1 Å². The minimum atomic E-state index is -0.367. The monoisotopic (exact) mass is 437 g/mol. The van der Waals surface area contributed by atoms with Crippen LogP contribution in [0.15, 0.2) is 54.2 Å². The van der Waals surface area contributed by atoms with Gasteiger partial charge in [-0.3, -0.25) is 14.4 Å². The number of nitrogens with zero attached hydrogens (tertiary/aromatic N) is 2. The number of halogens is 1. The Bertz CT molecular complexity index is 1070. The van der Waals surface area contributed by atoms with Crippen LogP contribution in [0.1, 0.15) is 32.3 Å². The maximum atomic E-state index is 13.5. The summed E-state index contributed by atoms with van der Waals surface area (Å²) in [6, 6.07) is 13.8. The molecule has 1 fully saturated rings. The van der Waals surface area contributed by atoms with Gasteiger partial charge < -0.3 is 10.2 Å². The molecule has 0 atom stereocenters. The van der Waals surface area contributed by atoms with Crippen molar-refractivity contribution in [1.29, 1.82) is 0 Å². The van der Waals surface area contributed by atoms with Crippen LogP contribution >= 0.6 is 11.6 Å². The molecule has 4 rings (SSSR count). The zero-order valence-electron chi connectivity index (χ0n) is 17.5. The highest BCUT2D eigenvalue weighted by Gasteiger charge is 2.43. The van der Waals surface area contributed by atoms with Gasteiger partial charge in [-0.05, 0) is 54.7 Å². The second kappa shape index (κ2) is 8.55. The molecule has 2 aliphatic heterocycles. The summed E-state index contributed by atoms with van der Waals surface area (Å²) in [5.41, 5.74) is 2.55. The summed E-state index contributed by atoms with van der Waals surface area (Å²) in [5.74, 6) is -0.279. The van der Waals surface area contributed by atoms with Crippen LogP contribution in [-0.4, -0.2) is 35.7 Å². The Kier molecular flexibility index (Phi) is 5.83. The van der Waals surface area contributed by atoms with E-state index in [1.807, 2.05) is 4.90 Å². The van der Waals surface area contributed by atoms with E-state index in [-0.39, 0.29) is 17.7 Å². The molecule has 31 heavy (non-hydrogen) atoms. The van der Waals surface area contributed by atoms with Crippen LogP contribution in [0.5, 0.6) is 0 Å². The molecular formula is C24H24ClN3O3. The molecule has 3 amide bonds. The van der Waals surface area contributed by atoms with Gasteiger partial charge in [-0.15, -0.1) is 0 Å². The number of rotatable bonds is 4. The summed E-state index contributed by atoms with van der Waals surface area (Å²) in [7, 11) is 0. The maximum absolute atomic E-state index is 13.5. The number of carbonyl (C=O) groups is 3. The average molecular weight is 438 g/mol. The molecule has 0 aromatic heterocycles. The molecule has 160 valence electrons. The van der Waals surface area contributed by atoms with E-state index in [9.17, 15) is 14.4 Å². The van der Waals surface area contributed by atoms with Crippen LogP contribution in [0.3, 0.4) is 0 Å². The summed E-state index contributed by atoms with van der Waals surface area (Å²) in [5, 5.41) is 3.18. The van der Waals surface area contributed by atoms with Crippen LogP contribution in [0.2, 0.25) is 5.02 Å². The van der Waals surface area contributed by atoms with E-state index < -0.39 is 0 Å². The van der Waals surface area contributed by atoms with Crippen LogP contribution in [0.4, 0.5) is 11.4 Å². The van der Waals surface area contributed by atoms with Gasteiger partial charge in [0.05, 0.1) is 11.3 Å². The van der Waals surface area contributed by atoms with Gasteiger partial charge >= 0.3 is 0 Å². The second-order valence-corrected chi connectivity index (χ2v) is 8.51. The molecule has 1 N–H and O–H groups in total. The standard InChI is InChI=1S/C24H24ClN3O3/c1-15-10-12-27(13-11-15)22-21(17-6-8-19(9-7-17)26-16(2)29)23(30)28(24(22)31)20-5-3-4-18(25)14-20/h3-9,14-15H,10-13H2,1-2H3,(H,26,29). The lowest BCUT2D eigenvalue weighted by Gasteiger charge is -2.32. The number of hydrogen-bond donors (Lipinski definition) is 1. The quantitative estimate of drug-likeness (QED) is 0.723. The number of amides is 3. The fourth-order valence-electron chi connectivity index (χ4n) is 4.08. The first-order valence-corrected chi connectivity index (χ1v) is 10.7. The summed E-state index contributed by atoms with van der Waals surface area (Å²) in [6.07, 6.45) is 1.94. The Morgan fingerprint density at radius 1 is 1.03 bits per heavy atom. The number of anilines is 2. The van der Waals surface area contributed by atoms with Gasteiger partial charge in [0.2, 0.25) is 5.91 Å². The SMILES string of the molecule is CC(=O)Nc1ccc(C2=C(N3CCC(C)CC3)C(=O)N(c3cccc(Cl)c3)C2=O)cc1. The van der Waals surface area contributed by atoms with Gasteiger partial charge in [0.15, 0.2) is 0 Å². The minimum absolute atomic E-state index is 0.172. The van der Waals surface area contributed by atoms with Crippen molar-refractivity contribution in [3.8, 4) is 0 Å². The summed E-state index contributed by atoms with van der Waals surface area (Å²) < 4.78 is 0. The molecule has 2 aliphatic rings. The summed E-state index contributed by atoms with van der Waals surface area (Å²) in [6.45, 7) is 5.10. The van der Waals surface area contributed by atoms with Crippen molar-refractivity contribution in [1.82, 2.24) is 4.90 Å². The van der Waals surface area contributed by atoms with Crippen molar-refractivity contribution < 1.29 is 14.4 Å². The van der Waals surface area contributed by atoms with Gasteiger partial charge in [-0.2, -0.15) is 0 Å². The first kappa shape index (κ1) is 21.1. The Morgan fingerprint density at radius 2 is 1.71 bits per heavy atom. The van der Waals surface area contributed by atoms with Crippen LogP contribution in [0, 0.1) is 5.92 Å². The first-order chi connectivity index (χ1) is 14.8. The van der Waals surface area contributed by atoms with Gasteiger partial charge in [0, 0.05) is 30.7 Å². The highest BCUT2D eigenvalue weighted by molar-refractivity contribution is 6.45. The van der Waals surface area contributed by atoms with Crippen LogP contribution in [-0.2, 0) is 14.4 Å². The largest absolute Gasteiger partial charge is 0.366 e. The molecule has 0 aliphatic carbocycles. The molecule has 0 unspecified atom stereocenters. The van der Waals surface area contributed by atoms with Crippen molar-refractivity contribution in [2.45, 2.75) is 26.7 Å². The fourth-order valence-corrected chi connectivity index (χ4v) is 4.26. The van der Waals surface area contributed by atoms with Crippen molar-refractivity contribution in [2.24, 2.45) is 5.92 Å². The predicted molar refractivity (Wildman–Crippen MR) is 122 cm³/mol. The second-order valence-electron chi connectivity index (χ2n) is 8.08. The lowest BCUT2D eigenvalue weighted by atomic mass is 9.97. The molecule has 7 heteroatoms. The van der Waals surface area contributed by atoms with Crippen LogP contribution < -0.4 is 10.2 Å². The highest BCUT2D eigenvalue weighted by Crippen LogP contribution is 2.37. The third-order valence-electron chi connectivity index (χ3n) is 5.72. The number of hydrogen-bond acceptors (Lipinski definition) is 4. The Morgan fingerprint density at radius 3 is 2.32 bits per heavy atom. The topological polar surface area (TPSA) is 69.7 Å². The Labute approximate surface area is 186 Å². The van der Waals surface area contributed by atoms with Gasteiger partial charge in [-0.1, -0.05) is 36.7 Å². The van der Waals surface area contributed by atoms with Gasteiger partial charge in [-0.25, -0.2) is 4.90 Å². The minimum Gasteiger partial charge on any atom is -0.366 e. The third-order valence-corrected chi connectivity index (χ3v) is 5.95. The molecule has 1 saturated heterocycles. The number of piperidine rings is 1. The van der Waals surface area contributed by atoms with Crippen molar-refractivity contribution in [3.05, 3.63) is 64.8 Å². The molecule has 6 nitrogen and oxygen atoms in total. The molecule has 0 bridgehead atoms. The number of carbonyl (C=O) groups excluding carboxylic acids is 3. The summed E-state index contributed by atoms with van der Waals surface area (Å²) >= 11 is 6.12. The van der Waals surface area contributed by atoms with Crippen molar-refractivity contribution in [2.75, 3.05) is 23.3 Å². The zero-order valence-corrected chi connectivity index (χ0v) is 18.3. The predicted octanol–water partition coefficient (Wildman–Crippen LogP) is 4.31. The molecule has 2 aromatic carbocycles. The number of imide groups is 1. The molecule has 0 radical (unpaired) electrons. The molecule has 0 spiro atoms. The maximum Gasteiger partial charge on any atom is 0.282 e. The van der Waals surface area contributed by atoms with E-state index in [4.69, 9.17) is 11.6 Å². The first-order valence-electron chi connectivity index (χ1n) is 10.4. The van der Waals surface area contributed by atoms with Gasteiger partial charge in [0.1, 0.15) is 5.70 Å². The number of likely N-dealkylation sites (tertiary alicyclic amines) is 1. The molecular weight excluding hydrogens is 414 g/mol. The molecule has 2 heterocycles. The lowest BCUT2D eigenvalue weighted by molar-refractivity contribution is -0.121. The number of nitrogens with one attached hydrogen (secondary N) is 1. The van der Waals surface area contributed by atoms with E-state index in [1.54, 1.807) is 48.5 Å². The zero-order chi connectivity index (χ0) is 22.1. The highest BCUT2D eigenvalue weighted by atomic mass is 35.5. The fraction of sp³-hybridized carbons (Fsp3) is 0.292. The third kappa shape index (κ3) is 4.21. The van der Waals surface area contributed by atoms with E-state index in [0.717, 1.165) is 25.9 Å². The Balaban J connectivity index is 1.77. The summed E-state index contributed by atoms with van der Waals surface area (Å²) in [4.78, 5) is 41.6. The normalized spacial score (nSPS) is 17.5. The lowest BCUT2D eigenvalue weighted by Crippen LogP contribution is -2.38. The van der Waals surface area contributed by atoms with E-state index >= 15 is 0 Å². The van der Waals surface area contributed by atoms with E-state index in [1.165, 1.54) is 11.8 Å². The average Bonchev–Trinajstić information content (AvgIpc) is 2.99. The van der Waals surface area contributed by atoms with Crippen molar-refractivity contribution in [3.63, 3.8) is 0 Å². The molecule has 2 aromatic rings. The Hall–Kier alpha value is -3.12. The van der Waals surface area contributed by atoms with Gasteiger partial charge in [0.25, 0.3) is 11.8 Å². The van der Waals surface area contributed by atoms with Crippen LogP contribution in [0.25, 0.3) is 5.57 Å². The van der Waals surface area contributed by atoms with Crippen molar-refractivity contribution >= 4 is 46.3 Å². The molecule has 0 saturated carbocycles.